The second-order valence-corrected chi connectivity index (χ2v) is 9.50. The van der Waals surface area contributed by atoms with Crippen molar-refractivity contribution >= 4 is 52.6 Å². The molecule has 0 aromatic heterocycles. The van der Waals surface area contributed by atoms with E-state index in [9.17, 15) is 19.2 Å². The largest absolute Gasteiger partial charge is 0.369 e. The predicted octanol–water partition coefficient (Wildman–Crippen LogP) is 3.16. The smallest absolute Gasteiger partial charge is 0.343 e. The summed E-state index contributed by atoms with van der Waals surface area (Å²) >= 11 is 12.6. The first kappa shape index (κ1) is 23.6. The van der Waals surface area contributed by atoms with Crippen molar-refractivity contribution in [1.82, 2.24) is 20.2 Å². The number of hydrogen-bond donors (Lipinski definition) is 1. The molecule has 0 saturated carbocycles. The second kappa shape index (κ2) is 9.49. The Morgan fingerprint density at radius 3 is 2.46 bits per heavy atom. The molecule has 0 radical (unpaired) electrons. The van der Waals surface area contributed by atoms with Crippen molar-refractivity contribution < 1.29 is 19.2 Å². The molecule has 3 aliphatic rings. The molecule has 3 aliphatic heterocycles. The zero-order valence-corrected chi connectivity index (χ0v) is 20.3. The fraction of sp³-hybridized carbons (Fsp3) is 0.333. The molecule has 5 amide bonds. The van der Waals surface area contributed by atoms with Crippen molar-refractivity contribution in [3.8, 4) is 0 Å². The topological polar surface area (TPSA) is 93.3 Å². The molecule has 1 N–H and O–H groups in total. The SMILES string of the molecule is O=C1CCN(N2C(=O)c3ccc(CN4CCCN(c5cccc(Cl)c5Cl)CC4)cc3C2=O)C(=O)N1. The zero-order chi connectivity index (χ0) is 24.7. The van der Waals surface area contributed by atoms with Gasteiger partial charge in [-0.15, -0.1) is 0 Å². The van der Waals surface area contributed by atoms with Gasteiger partial charge >= 0.3 is 6.03 Å². The lowest BCUT2D eigenvalue weighted by Crippen LogP contribution is -2.58. The monoisotopic (exact) mass is 515 g/mol. The van der Waals surface area contributed by atoms with Gasteiger partial charge < -0.3 is 4.90 Å². The van der Waals surface area contributed by atoms with E-state index in [1.807, 2.05) is 18.2 Å². The van der Waals surface area contributed by atoms with Crippen molar-refractivity contribution in [2.75, 3.05) is 37.6 Å². The first-order chi connectivity index (χ1) is 16.8. The van der Waals surface area contributed by atoms with Crippen molar-refractivity contribution in [2.45, 2.75) is 19.4 Å². The van der Waals surface area contributed by atoms with Crippen molar-refractivity contribution in [3.63, 3.8) is 0 Å². The molecule has 9 nitrogen and oxygen atoms in total. The van der Waals surface area contributed by atoms with Gasteiger partial charge in [0.05, 0.1) is 33.4 Å². The maximum absolute atomic E-state index is 13.0. The van der Waals surface area contributed by atoms with Gasteiger partial charge in [-0.1, -0.05) is 35.3 Å². The lowest BCUT2D eigenvalue weighted by molar-refractivity contribution is -0.122. The first-order valence-electron chi connectivity index (χ1n) is 11.4. The van der Waals surface area contributed by atoms with E-state index in [0.29, 0.717) is 16.6 Å². The second-order valence-electron chi connectivity index (χ2n) is 8.72. The summed E-state index contributed by atoms with van der Waals surface area (Å²) in [6, 6.07) is 10.1. The van der Waals surface area contributed by atoms with Gasteiger partial charge in [0.1, 0.15) is 0 Å². The number of hydrogen-bond acceptors (Lipinski definition) is 6. The fourth-order valence-electron chi connectivity index (χ4n) is 4.70. The number of urea groups is 1. The Balaban J connectivity index is 1.28. The third-order valence-electron chi connectivity index (χ3n) is 6.47. The molecule has 5 rings (SSSR count). The predicted molar refractivity (Wildman–Crippen MR) is 130 cm³/mol. The average Bonchev–Trinajstić information content (AvgIpc) is 2.96. The van der Waals surface area contributed by atoms with Crippen LogP contribution in [0, 0.1) is 0 Å². The fourth-order valence-corrected chi connectivity index (χ4v) is 5.12. The number of fused-ring (bicyclic) bond motifs is 1. The zero-order valence-electron chi connectivity index (χ0n) is 18.8. The van der Waals surface area contributed by atoms with E-state index in [1.54, 1.807) is 18.2 Å². The van der Waals surface area contributed by atoms with Crippen molar-refractivity contribution in [2.24, 2.45) is 0 Å². The molecule has 0 aliphatic carbocycles. The van der Waals surface area contributed by atoms with Gasteiger partial charge in [-0.2, -0.15) is 5.01 Å². The number of carbonyl (C=O) groups is 4. The Bertz CT molecular complexity index is 1240. The van der Waals surface area contributed by atoms with E-state index < -0.39 is 23.8 Å². The number of hydrazine groups is 1. The molecular formula is C24H23Cl2N5O4. The van der Waals surface area contributed by atoms with E-state index >= 15 is 0 Å². The number of halogens is 2. The molecule has 0 atom stereocenters. The van der Waals surface area contributed by atoms with Gasteiger partial charge in [0.25, 0.3) is 11.8 Å². The Kier molecular flexibility index (Phi) is 6.39. The highest BCUT2D eigenvalue weighted by molar-refractivity contribution is 6.43. The average molecular weight is 516 g/mol. The highest BCUT2D eigenvalue weighted by Crippen LogP contribution is 2.33. The van der Waals surface area contributed by atoms with Crippen LogP contribution in [0.4, 0.5) is 10.5 Å². The van der Waals surface area contributed by atoms with Crippen LogP contribution in [0.1, 0.15) is 39.1 Å². The van der Waals surface area contributed by atoms with Crippen LogP contribution in [0.15, 0.2) is 36.4 Å². The van der Waals surface area contributed by atoms with Gasteiger partial charge in [-0.25, -0.2) is 9.80 Å². The van der Waals surface area contributed by atoms with E-state index in [-0.39, 0.29) is 24.1 Å². The number of amides is 5. The van der Waals surface area contributed by atoms with Crippen LogP contribution in [-0.4, -0.2) is 71.4 Å². The number of carbonyl (C=O) groups excluding carboxylic acids is 4. The van der Waals surface area contributed by atoms with Crippen molar-refractivity contribution in [1.29, 1.82) is 0 Å². The van der Waals surface area contributed by atoms with Crippen LogP contribution in [0.3, 0.4) is 0 Å². The molecule has 3 heterocycles. The summed E-state index contributed by atoms with van der Waals surface area (Å²) in [5.41, 5.74) is 2.34. The minimum atomic E-state index is -0.773. The quantitative estimate of drug-likeness (QED) is 0.628. The van der Waals surface area contributed by atoms with E-state index in [1.165, 1.54) is 0 Å². The van der Waals surface area contributed by atoms with Crippen LogP contribution in [0.25, 0.3) is 0 Å². The lowest BCUT2D eigenvalue weighted by Gasteiger charge is -2.32. The number of imide groups is 2. The number of nitrogens with zero attached hydrogens (tertiary/aromatic N) is 4. The summed E-state index contributed by atoms with van der Waals surface area (Å²) in [5, 5.41) is 5.06. The molecule has 2 fully saturated rings. The lowest BCUT2D eigenvalue weighted by atomic mass is 10.1. The number of benzene rings is 2. The summed E-state index contributed by atoms with van der Waals surface area (Å²) in [7, 11) is 0. The normalized spacial score (nSPS) is 19.2. The van der Waals surface area contributed by atoms with Crippen LogP contribution in [0.5, 0.6) is 0 Å². The van der Waals surface area contributed by atoms with Crippen LogP contribution >= 0.6 is 23.2 Å². The molecule has 11 heteroatoms. The Morgan fingerprint density at radius 2 is 1.66 bits per heavy atom. The van der Waals surface area contributed by atoms with Crippen molar-refractivity contribution in [3.05, 3.63) is 63.1 Å². The molecule has 0 spiro atoms. The molecule has 2 aromatic rings. The molecule has 0 bridgehead atoms. The number of nitrogens with one attached hydrogen (secondary N) is 1. The molecule has 182 valence electrons. The summed E-state index contributed by atoms with van der Waals surface area (Å²) in [4.78, 5) is 54.1. The number of anilines is 1. The van der Waals surface area contributed by atoms with Crippen LogP contribution in [-0.2, 0) is 11.3 Å². The van der Waals surface area contributed by atoms with Gasteiger partial charge in [-0.3, -0.25) is 24.6 Å². The molecule has 2 saturated heterocycles. The number of rotatable bonds is 4. The maximum Gasteiger partial charge on any atom is 0.343 e. The maximum atomic E-state index is 13.0. The van der Waals surface area contributed by atoms with E-state index in [4.69, 9.17) is 23.2 Å². The van der Waals surface area contributed by atoms with E-state index in [2.05, 4.69) is 15.1 Å². The van der Waals surface area contributed by atoms with Gasteiger partial charge in [0.2, 0.25) is 5.91 Å². The Hall–Kier alpha value is -3.14. The standard InChI is InChI=1S/C24H23Cl2N5O4/c25-18-3-1-4-19(21(18)26)29-9-2-8-28(11-12-29)14-15-5-6-16-17(13-15)23(34)31(22(16)33)30-10-7-20(32)27-24(30)35/h1,3-6,13H,2,7-12,14H2,(H,27,32,35). The molecule has 2 aromatic carbocycles. The van der Waals surface area contributed by atoms with Crippen LogP contribution in [0.2, 0.25) is 10.0 Å². The summed E-state index contributed by atoms with van der Waals surface area (Å²) < 4.78 is 0. The minimum Gasteiger partial charge on any atom is -0.369 e. The van der Waals surface area contributed by atoms with Crippen LogP contribution < -0.4 is 10.2 Å². The van der Waals surface area contributed by atoms with Gasteiger partial charge in [0, 0.05) is 39.1 Å². The first-order valence-corrected chi connectivity index (χ1v) is 12.1. The minimum absolute atomic E-state index is 0.0239. The van der Waals surface area contributed by atoms with E-state index in [0.717, 1.165) is 53.9 Å². The molecular weight excluding hydrogens is 493 g/mol. The third kappa shape index (κ3) is 4.47. The molecule has 35 heavy (non-hydrogen) atoms. The van der Waals surface area contributed by atoms with Gasteiger partial charge in [-0.05, 0) is 36.2 Å². The summed E-state index contributed by atoms with van der Waals surface area (Å²) in [6.07, 6.45) is 0.957. The Labute approximate surface area is 212 Å². The highest BCUT2D eigenvalue weighted by atomic mass is 35.5. The Morgan fingerprint density at radius 1 is 0.857 bits per heavy atom. The third-order valence-corrected chi connectivity index (χ3v) is 7.28. The van der Waals surface area contributed by atoms with Gasteiger partial charge in [0.15, 0.2) is 0 Å². The highest BCUT2D eigenvalue weighted by Gasteiger charge is 2.43. The summed E-state index contributed by atoms with van der Waals surface area (Å²) in [6.45, 7) is 3.88. The summed E-state index contributed by atoms with van der Waals surface area (Å²) in [5.74, 6) is -1.56. The molecule has 0 unspecified atom stereocenters.